The molecule has 114 valence electrons. The first-order valence-corrected chi connectivity index (χ1v) is 7.68. The van der Waals surface area contributed by atoms with Gasteiger partial charge in [-0.2, -0.15) is 5.10 Å². The first-order valence-electron chi connectivity index (χ1n) is 7.68. The molecule has 0 saturated heterocycles. The second-order valence-electron chi connectivity index (χ2n) is 5.43. The largest absolute Gasteiger partial charge is 0.309 e. The Morgan fingerprint density at radius 3 is 2.71 bits per heavy atom. The lowest BCUT2D eigenvalue weighted by Gasteiger charge is -2.19. The fourth-order valence-corrected chi connectivity index (χ4v) is 2.63. The van der Waals surface area contributed by atoms with Crippen LogP contribution in [-0.2, 0) is 13.0 Å². The maximum Gasteiger partial charge on any atom is 0.138 e. The topological polar surface area (TPSA) is 55.6 Å². The van der Waals surface area contributed by atoms with Crippen LogP contribution in [0.2, 0.25) is 0 Å². The summed E-state index contributed by atoms with van der Waals surface area (Å²) in [6.07, 6.45) is 5.45. The molecule has 5 nitrogen and oxygen atoms in total. The Labute approximate surface area is 126 Å². The van der Waals surface area contributed by atoms with Crippen LogP contribution in [0.5, 0.6) is 0 Å². The summed E-state index contributed by atoms with van der Waals surface area (Å²) in [5.41, 5.74) is 3.52. The molecule has 1 atom stereocenters. The Bertz CT molecular complexity index is 576. The molecule has 2 aromatic rings. The third-order valence-corrected chi connectivity index (χ3v) is 3.55. The van der Waals surface area contributed by atoms with E-state index >= 15 is 0 Å². The van der Waals surface area contributed by atoms with Crippen molar-refractivity contribution < 1.29 is 0 Å². The van der Waals surface area contributed by atoms with E-state index in [0.717, 1.165) is 37.4 Å². The molecule has 2 aromatic heterocycles. The lowest BCUT2D eigenvalue weighted by Crippen LogP contribution is -2.26. The lowest BCUT2D eigenvalue weighted by atomic mass is 10.0. The Kier molecular flexibility index (Phi) is 5.44. The van der Waals surface area contributed by atoms with Crippen molar-refractivity contribution in [1.29, 1.82) is 0 Å². The van der Waals surface area contributed by atoms with Crippen molar-refractivity contribution >= 4 is 0 Å². The van der Waals surface area contributed by atoms with Gasteiger partial charge in [-0.3, -0.25) is 9.67 Å². The van der Waals surface area contributed by atoms with E-state index < -0.39 is 0 Å². The van der Waals surface area contributed by atoms with Gasteiger partial charge in [-0.05, 0) is 37.9 Å². The standard InChI is InChI=1S/C16H25N5/c1-5-7-21-15(19-11-20-21)9-14(17-6-2)16-13(4)8-12(3)10-18-16/h8,10-11,14,17H,5-7,9H2,1-4H3. The van der Waals surface area contributed by atoms with E-state index in [9.17, 15) is 0 Å². The number of likely N-dealkylation sites (N-methyl/N-ethyl adjacent to an activating group) is 1. The van der Waals surface area contributed by atoms with Gasteiger partial charge in [-0.1, -0.05) is 19.9 Å². The molecule has 1 N–H and O–H groups in total. The van der Waals surface area contributed by atoms with Crippen LogP contribution in [0.4, 0.5) is 0 Å². The number of nitrogens with one attached hydrogen (secondary N) is 1. The maximum atomic E-state index is 4.63. The zero-order chi connectivity index (χ0) is 15.2. The first-order chi connectivity index (χ1) is 10.2. The van der Waals surface area contributed by atoms with Gasteiger partial charge in [0.25, 0.3) is 0 Å². The maximum absolute atomic E-state index is 4.63. The minimum absolute atomic E-state index is 0.176. The smallest absolute Gasteiger partial charge is 0.138 e. The van der Waals surface area contributed by atoms with Gasteiger partial charge in [0.05, 0.1) is 11.7 Å². The van der Waals surface area contributed by atoms with Crippen LogP contribution in [0.15, 0.2) is 18.6 Å². The van der Waals surface area contributed by atoms with Crippen LogP contribution in [0.3, 0.4) is 0 Å². The Hall–Kier alpha value is -1.75. The fourth-order valence-electron chi connectivity index (χ4n) is 2.63. The van der Waals surface area contributed by atoms with E-state index in [0.29, 0.717) is 0 Å². The van der Waals surface area contributed by atoms with Gasteiger partial charge < -0.3 is 5.32 Å². The second kappa shape index (κ2) is 7.31. The van der Waals surface area contributed by atoms with Crippen molar-refractivity contribution in [3.63, 3.8) is 0 Å². The van der Waals surface area contributed by atoms with Crippen molar-refractivity contribution in [2.75, 3.05) is 6.54 Å². The van der Waals surface area contributed by atoms with Crippen LogP contribution >= 0.6 is 0 Å². The van der Waals surface area contributed by atoms with Crippen LogP contribution in [0, 0.1) is 13.8 Å². The highest BCUT2D eigenvalue weighted by Crippen LogP contribution is 2.19. The molecule has 0 fully saturated rings. The number of hydrogen-bond acceptors (Lipinski definition) is 4. The monoisotopic (exact) mass is 287 g/mol. The summed E-state index contributed by atoms with van der Waals surface area (Å²) in [5, 5.41) is 7.83. The average Bonchev–Trinajstić information content (AvgIpc) is 2.86. The van der Waals surface area contributed by atoms with Gasteiger partial charge in [-0.15, -0.1) is 0 Å². The molecule has 0 saturated carbocycles. The number of aryl methyl sites for hydroxylation is 3. The van der Waals surface area contributed by atoms with Gasteiger partial charge >= 0.3 is 0 Å². The summed E-state index contributed by atoms with van der Waals surface area (Å²) in [4.78, 5) is 9.05. The fraction of sp³-hybridized carbons (Fsp3) is 0.562. The molecule has 0 amide bonds. The van der Waals surface area contributed by atoms with Crippen molar-refractivity contribution in [1.82, 2.24) is 25.1 Å². The molecular formula is C16H25N5. The molecule has 0 aliphatic rings. The summed E-state index contributed by atoms with van der Waals surface area (Å²) in [6, 6.07) is 2.36. The Morgan fingerprint density at radius 1 is 1.24 bits per heavy atom. The number of nitrogens with zero attached hydrogens (tertiary/aromatic N) is 4. The number of rotatable bonds is 7. The minimum atomic E-state index is 0.176. The van der Waals surface area contributed by atoms with Gasteiger partial charge in [0, 0.05) is 19.2 Å². The molecule has 0 aliphatic heterocycles. The van der Waals surface area contributed by atoms with Crippen LogP contribution in [0.25, 0.3) is 0 Å². The van der Waals surface area contributed by atoms with E-state index in [-0.39, 0.29) is 6.04 Å². The molecule has 0 radical (unpaired) electrons. The van der Waals surface area contributed by atoms with Crippen LogP contribution < -0.4 is 5.32 Å². The van der Waals surface area contributed by atoms with Crippen LogP contribution in [-0.4, -0.2) is 26.3 Å². The molecule has 0 aliphatic carbocycles. The molecule has 0 bridgehead atoms. The van der Waals surface area contributed by atoms with Gasteiger partial charge in [0.2, 0.25) is 0 Å². The summed E-state index contributed by atoms with van der Waals surface area (Å²) in [5.74, 6) is 1.02. The predicted molar refractivity (Wildman–Crippen MR) is 84.1 cm³/mol. The zero-order valence-electron chi connectivity index (χ0n) is 13.4. The Morgan fingerprint density at radius 2 is 2.05 bits per heavy atom. The average molecular weight is 287 g/mol. The Balaban J connectivity index is 2.24. The second-order valence-corrected chi connectivity index (χ2v) is 5.43. The van der Waals surface area contributed by atoms with E-state index in [4.69, 9.17) is 0 Å². The molecule has 2 rings (SSSR count). The first kappa shape index (κ1) is 15.6. The SMILES string of the molecule is CCCn1ncnc1CC(NCC)c1ncc(C)cc1C. The van der Waals surface area contributed by atoms with Gasteiger partial charge in [0.1, 0.15) is 12.2 Å². The number of hydrogen-bond donors (Lipinski definition) is 1. The minimum Gasteiger partial charge on any atom is -0.309 e. The highest BCUT2D eigenvalue weighted by atomic mass is 15.3. The van der Waals surface area contributed by atoms with Gasteiger partial charge in [-0.25, -0.2) is 4.98 Å². The lowest BCUT2D eigenvalue weighted by molar-refractivity contribution is 0.489. The quantitative estimate of drug-likeness (QED) is 0.850. The molecule has 0 aromatic carbocycles. The van der Waals surface area contributed by atoms with E-state index in [1.54, 1.807) is 6.33 Å². The summed E-state index contributed by atoms with van der Waals surface area (Å²) in [7, 11) is 0. The third-order valence-electron chi connectivity index (χ3n) is 3.55. The van der Waals surface area contributed by atoms with Crippen molar-refractivity contribution in [3.8, 4) is 0 Å². The predicted octanol–water partition coefficient (Wildman–Crippen LogP) is 2.59. The summed E-state index contributed by atoms with van der Waals surface area (Å²) >= 11 is 0. The van der Waals surface area contributed by atoms with Crippen LogP contribution in [0.1, 0.15) is 49.0 Å². The van der Waals surface area contributed by atoms with Crippen molar-refractivity contribution in [3.05, 3.63) is 41.2 Å². The molecular weight excluding hydrogens is 262 g/mol. The van der Waals surface area contributed by atoms with E-state index in [1.807, 2.05) is 10.9 Å². The number of pyridine rings is 1. The van der Waals surface area contributed by atoms with Gasteiger partial charge in [0.15, 0.2) is 0 Å². The highest BCUT2D eigenvalue weighted by Gasteiger charge is 2.18. The number of aromatic nitrogens is 4. The zero-order valence-corrected chi connectivity index (χ0v) is 13.4. The molecule has 2 heterocycles. The normalized spacial score (nSPS) is 12.6. The molecule has 0 spiro atoms. The van der Waals surface area contributed by atoms with Crippen molar-refractivity contribution in [2.24, 2.45) is 0 Å². The highest BCUT2D eigenvalue weighted by molar-refractivity contribution is 5.26. The van der Waals surface area contributed by atoms with E-state index in [1.165, 1.54) is 11.1 Å². The molecule has 21 heavy (non-hydrogen) atoms. The molecule has 1 unspecified atom stereocenters. The third kappa shape index (κ3) is 3.88. The van der Waals surface area contributed by atoms with E-state index in [2.05, 4.69) is 54.1 Å². The molecule has 5 heteroatoms. The summed E-state index contributed by atoms with van der Waals surface area (Å²) < 4.78 is 1.99. The summed E-state index contributed by atoms with van der Waals surface area (Å²) in [6.45, 7) is 10.3. The van der Waals surface area contributed by atoms with Crippen molar-refractivity contribution in [2.45, 2.75) is 53.1 Å².